The van der Waals surface area contributed by atoms with Crippen LogP contribution in [0.3, 0.4) is 0 Å². The molecule has 0 saturated heterocycles. The molecule has 0 aliphatic heterocycles. The molecule has 1 aromatic carbocycles. The van der Waals surface area contributed by atoms with Gasteiger partial charge in [-0.1, -0.05) is 30.3 Å². The summed E-state index contributed by atoms with van der Waals surface area (Å²) in [5.74, 6) is -0.985. The highest BCUT2D eigenvalue weighted by molar-refractivity contribution is 5.95. The van der Waals surface area contributed by atoms with Crippen molar-refractivity contribution in [2.45, 2.75) is 25.6 Å². The van der Waals surface area contributed by atoms with Crippen LogP contribution < -0.4 is 0 Å². The number of carbonyl (C=O) groups excluding carboxylic acids is 2. The second kappa shape index (κ2) is 6.88. The monoisotopic (exact) mass is 285 g/mol. The minimum Gasteiger partial charge on any atom is -0.278 e. The number of benzene rings is 1. The third-order valence-electron chi connectivity index (χ3n) is 2.63. The van der Waals surface area contributed by atoms with E-state index in [0.29, 0.717) is 12.5 Å². The van der Waals surface area contributed by atoms with Crippen LogP contribution in [0.15, 0.2) is 42.5 Å². The Balaban J connectivity index is 2.72. The van der Waals surface area contributed by atoms with Crippen molar-refractivity contribution in [3.63, 3.8) is 0 Å². The van der Waals surface area contributed by atoms with E-state index in [9.17, 15) is 22.8 Å². The lowest BCUT2D eigenvalue weighted by Gasteiger charge is -2.22. The van der Waals surface area contributed by atoms with E-state index in [4.69, 9.17) is 0 Å². The van der Waals surface area contributed by atoms with Crippen molar-refractivity contribution in [3.8, 4) is 0 Å². The van der Waals surface area contributed by atoms with Gasteiger partial charge in [-0.05, 0) is 18.9 Å². The summed E-state index contributed by atoms with van der Waals surface area (Å²) in [6.45, 7) is 1.60. The summed E-state index contributed by atoms with van der Waals surface area (Å²) in [6.07, 6.45) is -3.77. The summed E-state index contributed by atoms with van der Waals surface area (Å²) in [6, 6.07) is 8.53. The van der Waals surface area contributed by atoms with Gasteiger partial charge in [-0.15, -0.1) is 0 Å². The van der Waals surface area contributed by atoms with Crippen LogP contribution in [-0.4, -0.2) is 29.4 Å². The number of hydrogen-bond acceptors (Lipinski definition) is 2. The zero-order chi connectivity index (χ0) is 15.2. The third kappa shape index (κ3) is 5.26. The van der Waals surface area contributed by atoms with Crippen LogP contribution in [0.5, 0.6) is 0 Å². The topological polar surface area (TPSA) is 37.4 Å². The number of allylic oxidation sites excluding steroid dienone is 1. The van der Waals surface area contributed by atoms with Crippen molar-refractivity contribution in [1.82, 2.24) is 4.90 Å². The summed E-state index contributed by atoms with van der Waals surface area (Å²) in [5, 5.41) is 0. The number of hydrogen-bond donors (Lipinski definition) is 0. The van der Waals surface area contributed by atoms with Gasteiger partial charge in [0, 0.05) is 18.2 Å². The number of alkyl halides is 3. The normalized spacial score (nSPS) is 13.2. The Labute approximate surface area is 114 Å². The Kier molecular flexibility index (Phi) is 5.49. The van der Waals surface area contributed by atoms with E-state index in [1.165, 1.54) is 0 Å². The molecular formula is C14H14F3NO2. The highest BCUT2D eigenvalue weighted by Gasteiger charge is 2.24. The minimum atomic E-state index is -4.58. The predicted octanol–water partition coefficient (Wildman–Crippen LogP) is 2.72. The summed E-state index contributed by atoms with van der Waals surface area (Å²) in [7, 11) is 0. The molecule has 0 aliphatic carbocycles. The van der Waals surface area contributed by atoms with Crippen molar-refractivity contribution in [2.24, 2.45) is 0 Å². The van der Waals surface area contributed by atoms with Gasteiger partial charge in [-0.25, -0.2) is 0 Å². The Morgan fingerprint density at radius 1 is 1.30 bits per heavy atom. The third-order valence-corrected chi connectivity index (χ3v) is 2.63. The number of amides is 2. The van der Waals surface area contributed by atoms with Gasteiger partial charge in [-0.3, -0.25) is 14.5 Å². The molecule has 6 heteroatoms. The smallest absolute Gasteiger partial charge is 0.278 e. The van der Waals surface area contributed by atoms with Crippen molar-refractivity contribution in [3.05, 3.63) is 48.0 Å². The molecule has 1 atom stereocenters. The van der Waals surface area contributed by atoms with E-state index in [-0.39, 0.29) is 12.5 Å². The molecule has 0 bridgehead atoms. The maximum atomic E-state index is 12.0. The maximum Gasteiger partial charge on any atom is 0.409 e. The minimum absolute atomic E-state index is 0.179. The van der Waals surface area contributed by atoms with Crippen LogP contribution in [0.2, 0.25) is 0 Å². The fourth-order valence-corrected chi connectivity index (χ4v) is 1.68. The highest BCUT2D eigenvalue weighted by Crippen LogP contribution is 2.16. The average molecular weight is 285 g/mol. The molecule has 3 nitrogen and oxygen atoms in total. The largest absolute Gasteiger partial charge is 0.409 e. The summed E-state index contributed by atoms with van der Waals surface area (Å²) in [4.78, 5) is 23.2. The molecule has 0 fully saturated rings. The van der Waals surface area contributed by atoms with Crippen molar-refractivity contribution in [1.29, 1.82) is 0 Å². The van der Waals surface area contributed by atoms with Gasteiger partial charge in [0.15, 0.2) is 0 Å². The molecular weight excluding hydrogens is 271 g/mol. The standard InChI is InChI=1S/C14H14F3NO2/c1-11(9-12-5-3-2-4-6-12)18(10-19)13(20)7-8-14(15,16)17/h2-8,10-11H,9H2,1H3/b8-7+/t11-/m1/s1. The first-order valence-corrected chi connectivity index (χ1v) is 5.91. The van der Waals surface area contributed by atoms with Gasteiger partial charge in [0.2, 0.25) is 6.41 Å². The van der Waals surface area contributed by atoms with E-state index >= 15 is 0 Å². The molecule has 0 radical (unpaired) electrons. The molecule has 0 aromatic heterocycles. The van der Waals surface area contributed by atoms with Crippen molar-refractivity contribution in [2.75, 3.05) is 0 Å². The molecule has 0 spiro atoms. The van der Waals surface area contributed by atoms with E-state index in [1.54, 1.807) is 19.1 Å². The Bertz CT molecular complexity index is 483. The van der Waals surface area contributed by atoms with Gasteiger partial charge < -0.3 is 0 Å². The average Bonchev–Trinajstić information content (AvgIpc) is 2.37. The van der Waals surface area contributed by atoms with Crippen LogP contribution in [-0.2, 0) is 16.0 Å². The lowest BCUT2D eigenvalue weighted by atomic mass is 10.1. The van der Waals surface area contributed by atoms with Gasteiger partial charge >= 0.3 is 6.18 Å². The van der Waals surface area contributed by atoms with Crippen LogP contribution in [0.25, 0.3) is 0 Å². The highest BCUT2D eigenvalue weighted by atomic mass is 19.4. The molecule has 0 aliphatic rings. The fraction of sp³-hybridized carbons (Fsp3) is 0.286. The quantitative estimate of drug-likeness (QED) is 0.616. The second-order valence-corrected chi connectivity index (χ2v) is 4.26. The fourth-order valence-electron chi connectivity index (χ4n) is 1.68. The lowest BCUT2D eigenvalue weighted by Crippen LogP contribution is -2.37. The van der Waals surface area contributed by atoms with Gasteiger partial charge in [-0.2, -0.15) is 13.2 Å². The molecule has 1 aromatic rings. The zero-order valence-electron chi connectivity index (χ0n) is 10.8. The molecule has 0 heterocycles. The maximum absolute atomic E-state index is 12.0. The summed E-state index contributed by atoms with van der Waals surface area (Å²) in [5.41, 5.74) is 0.888. The van der Waals surface area contributed by atoms with Crippen molar-refractivity contribution >= 4 is 12.3 Å². The van der Waals surface area contributed by atoms with Crippen LogP contribution >= 0.6 is 0 Å². The van der Waals surface area contributed by atoms with E-state index in [1.807, 2.05) is 18.2 Å². The molecule has 20 heavy (non-hydrogen) atoms. The first-order chi connectivity index (χ1) is 9.33. The molecule has 108 valence electrons. The number of carbonyl (C=O) groups is 2. The molecule has 0 saturated carbocycles. The van der Waals surface area contributed by atoms with Gasteiger partial charge in [0.1, 0.15) is 0 Å². The number of rotatable bonds is 5. The SMILES string of the molecule is C[C@H](Cc1ccccc1)N(C=O)C(=O)/C=C/C(F)(F)F. The van der Waals surface area contributed by atoms with Crippen molar-refractivity contribution < 1.29 is 22.8 Å². The van der Waals surface area contributed by atoms with Crippen LogP contribution in [0, 0.1) is 0 Å². The van der Waals surface area contributed by atoms with Crippen LogP contribution in [0.1, 0.15) is 12.5 Å². The number of halogens is 3. The first kappa shape index (κ1) is 15.9. The number of nitrogens with zero attached hydrogens (tertiary/aromatic N) is 1. The zero-order valence-corrected chi connectivity index (χ0v) is 10.8. The first-order valence-electron chi connectivity index (χ1n) is 5.91. The summed E-state index contributed by atoms with van der Waals surface area (Å²) < 4.78 is 36.0. The second-order valence-electron chi connectivity index (χ2n) is 4.26. The van der Waals surface area contributed by atoms with E-state index < -0.39 is 18.1 Å². The van der Waals surface area contributed by atoms with E-state index in [0.717, 1.165) is 10.5 Å². The van der Waals surface area contributed by atoms with Crippen LogP contribution in [0.4, 0.5) is 13.2 Å². The molecule has 1 rings (SSSR count). The molecule has 2 amide bonds. The Hall–Kier alpha value is -2.11. The predicted molar refractivity (Wildman–Crippen MR) is 67.7 cm³/mol. The van der Waals surface area contributed by atoms with Gasteiger partial charge in [0.05, 0.1) is 0 Å². The van der Waals surface area contributed by atoms with E-state index in [2.05, 4.69) is 0 Å². The lowest BCUT2D eigenvalue weighted by molar-refractivity contribution is -0.137. The van der Waals surface area contributed by atoms with Gasteiger partial charge in [0.25, 0.3) is 5.91 Å². The number of imide groups is 1. The molecule has 0 N–H and O–H groups in total. The Morgan fingerprint density at radius 2 is 1.90 bits per heavy atom. The molecule has 0 unspecified atom stereocenters. The Morgan fingerprint density at radius 3 is 2.40 bits per heavy atom. The summed E-state index contributed by atoms with van der Waals surface area (Å²) >= 11 is 0.